The van der Waals surface area contributed by atoms with Gasteiger partial charge in [0.1, 0.15) is 11.5 Å². The van der Waals surface area contributed by atoms with Gasteiger partial charge in [-0.1, -0.05) is 16.6 Å². The first kappa shape index (κ1) is 21.7. The van der Waals surface area contributed by atoms with Crippen LogP contribution < -0.4 is 10.2 Å². The lowest BCUT2D eigenvalue weighted by Crippen LogP contribution is -2.49. The summed E-state index contributed by atoms with van der Waals surface area (Å²) < 4.78 is 9.65. The molecule has 7 nitrogen and oxygen atoms in total. The van der Waals surface area contributed by atoms with Crippen molar-refractivity contribution >= 4 is 29.0 Å². The summed E-state index contributed by atoms with van der Waals surface area (Å²) >= 11 is 1.09. The topological polar surface area (TPSA) is 88.3 Å². The maximum Gasteiger partial charge on any atom is 0.280 e. The van der Waals surface area contributed by atoms with Gasteiger partial charge in [-0.15, -0.1) is 5.10 Å². The summed E-state index contributed by atoms with van der Waals surface area (Å²) in [6, 6.07) is 8.16. The predicted octanol–water partition coefficient (Wildman–Crippen LogP) is 4.36. The number of nitrogens with one attached hydrogen (secondary N) is 1. The lowest BCUT2D eigenvalue weighted by molar-refractivity contribution is -0.124. The van der Waals surface area contributed by atoms with Crippen molar-refractivity contribution in [3.8, 4) is 0 Å². The van der Waals surface area contributed by atoms with Crippen molar-refractivity contribution in [1.29, 1.82) is 0 Å². The minimum atomic E-state index is -1.01. The number of aryl methyl sites for hydroxylation is 2. The van der Waals surface area contributed by atoms with Crippen LogP contribution in [-0.2, 0) is 4.79 Å². The summed E-state index contributed by atoms with van der Waals surface area (Å²) in [5.41, 5.74) is 2.21. The van der Waals surface area contributed by atoms with Crippen LogP contribution in [0.25, 0.3) is 0 Å². The van der Waals surface area contributed by atoms with Crippen LogP contribution in [0.15, 0.2) is 40.1 Å². The van der Waals surface area contributed by atoms with Gasteiger partial charge in [0.25, 0.3) is 11.8 Å². The molecule has 1 atom stereocenters. The van der Waals surface area contributed by atoms with Crippen molar-refractivity contribution < 1.29 is 14.0 Å². The number of carbonyl (C=O) groups is 2. The van der Waals surface area contributed by atoms with Gasteiger partial charge in [0.05, 0.1) is 0 Å². The number of benzene rings is 1. The van der Waals surface area contributed by atoms with Gasteiger partial charge in [-0.3, -0.25) is 14.5 Å². The normalized spacial score (nSPS) is 12.5. The molecule has 2 heterocycles. The van der Waals surface area contributed by atoms with Crippen molar-refractivity contribution in [2.24, 2.45) is 0 Å². The van der Waals surface area contributed by atoms with E-state index in [0.29, 0.717) is 17.2 Å². The smallest absolute Gasteiger partial charge is 0.280 e. The van der Waals surface area contributed by atoms with Crippen molar-refractivity contribution in [1.82, 2.24) is 14.9 Å². The number of anilines is 1. The molecule has 3 rings (SSSR count). The maximum absolute atomic E-state index is 13.6. The van der Waals surface area contributed by atoms with Crippen molar-refractivity contribution in [3.05, 3.63) is 64.1 Å². The molecule has 0 aliphatic heterocycles. The molecule has 158 valence electrons. The van der Waals surface area contributed by atoms with Crippen LogP contribution in [0.5, 0.6) is 0 Å². The second-order valence-electron chi connectivity index (χ2n) is 8.27. The van der Waals surface area contributed by atoms with E-state index >= 15 is 0 Å². The highest BCUT2D eigenvalue weighted by Crippen LogP contribution is 2.34. The molecule has 0 bridgehead atoms. The molecule has 1 aromatic carbocycles. The van der Waals surface area contributed by atoms with Crippen molar-refractivity contribution in [3.63, 3.8) is 0 Å². The largest absolute Gasteiger partial charge is 0.464 e. The number of furan rings is 1. The highest BCUT2D eigenvalue weighted by atomic mass is 32.1. The number of carbonyl (C=O) groups excluding carboxylic acids is 2. The van der Waals surface area contributed by atoms with Gasteiger partial charge in [0.15, 0.2) is 11.7 Å². The Balaban J connectivity index is 2.21. The first-order valence-electron chi connectivity index (χ1n) is 9.63. The Morgan fingerprint density at radius 3 is 2.43 bits per heavy atom. The molecule has 0 saturated heterocycles. The van der Waals surface area contributed by atoms with Crippen LogP contribution in [0.3, 0.4) is 0 Å². The number of rotatable bonds is 5. The highest BCUT2D eigenvalue weighted by molar-refractivity contribution is 7.03. The fourth-order valence-electron chi connectivity index (χ4n) is 3.16. The predicted molar refractivity (Wildman–Crippen MR) is 117 cm³/mol. The fraction of sp³-hybridized carbons (Fsp3) is 0.364. The minimum Gasteiger partial charge on any atom is -0.464 e. The van der Waals surface area contributed by atoms with E-state index in [2.05, 4.69) is 14.9 Å². The fourth-order valence-corrected chi connectivity index (χ4v) is 3.59. The van der Waals surface area contributed by atoms with Gasteiger partial charge in [-0.2, -0.15) is 0 Å². The Morgan fingerprint density at radius 2 is 1.87 bits per heavy atom. The summed E-state index contributed by atoms with van der Waals surface area (Å²) in [5.74, 6) is 0.281. The molecular weight excluding hydrogens is 400 g/mol. The first-order chi connectivity index (χ1) is 14.1. The molecule has 2 amide bonds. The van der Waals surface area contributed by atoms with E-state index in [1.54, 1.807) is 24.4 Å². The third-order valence-electron chi connectivity index (χ3n) is 4.67. The average Bonchev–Trinajstić information content (AvgIpc) is 3.32. The minimum absolute atomic E-state index is 0.178. The number of hydrogen-bond donors (Lipinski definition) is 1. The Morgan fingerprint density at radius 1 is 1.13 bits per heavy atom. The Hall–Kier alpha value is -3.00. The van der Waals surface area contributed by atoms with E-state index in [-0.39, 0.29) is 11.6 Å². The summed E-state index contributed by atoms with van der Waals surface area (Å²) in [6.07, 6.45) is 0. The van der Waals surface area contributed by atoms with E-state index in [1.165, 1.54) is 4.90 Å². The highest BCUT2D eigenvalue weighted by Gasteiger charge is 2.38. The van der Waals surface area contributed by atoms with Gasteiger partial charge < -0.3 is 9.73 Å². The van der Waals surface area contributed by atoms with Gasteiger partial charge in [0, 0.05) is 16.6 Å². The molecule has 2 aromatic heterocycles. The van der Waals surface area contributed by atoms with E-state index in [4.69, 9.17) is 4.42 Å². The zero-order valence-electron chi connectivity index (χ0n) is 18.0. The van der Waals surface area contributed by atoms with E-state index in [1.807, 2.05) is 52.8 Å². The quantitative estimate of drug-likeness (QED) is 0.655. The van der Waals surface area contributed by atoms with Crippen molar-refractivity contribution in [2.45, 2.75) is 53.1 Å². The Bertz CT molecular complexity index is 1050. The molecule has 1 N–H and O–H groups in total. The van der Waals surface area contributed by atoms with E-state index < -0.39 is 17.5 Å². The van der Waals surface area contributed by atoms with Gasteiger partial charge >= 0.3 is 0 Å². The van der Waals surface area contributed by atoms with E-state index in [9.17, 15) is 9.59 Å². The second kappa shape index (κ2) is 8.39. The number of amides is 2. The SMILES string of the molecule is Cc1ccc(C(C(=O)NC(C)(C)C)N(C(=O)c2csnn2)c2cccc(C)c2C)o1. The number of hydrogen-bond acceptors (Lipinski definition) is 6. The van der Waals surface area contributed by atoms with Crippen LogP contribution in [0.2, 0.25) is 0 Å². The third kappa shape index (κ3) is 4.59. The Labute approximate surface area is 180 Å². The number of nitrogens with zero attached hydrogens (tertiary/aromatic N) is 3. The molecule has 30 heavy (non-hydrogen) atoms. The molecule has 1 unspecified atom stereocenters. The van der Waals surface area contributed by atoms with Gasteiger partial charge in [-0.05, 0) is 82.4 Å². The molecule has 0 saturated carbocycles. The standard InChI is InChI=1S/C22H26N4O3S/c1-13-8-7-9-17(15(13)3)26(21(28)16-12-30-25-24-16)19(18-11-10-14(2)29-18)20(27)23-22(4,5)6/h7-12,19H,1-6H3,(H,23,27). The summed E-state index contributed by atoms with van der Waals surface area (Å²) in [5, 5.41) is 8.51. The lowest BCUT2D eigenvalue weighted by Gasteiger charge is -2.33. The lowest BCUT2D eigenvalue weighted by atomic mass is 10.0. The molecule has 0 radical (unpaired) electrons. The van der Waals surface area contributed by atoms with Crippen LogP contribution in [-0.4, -0.2) is 26.9 Å². The summed E-state index contributed by atoms with van der Waals surface area (Å²) in [7, 11) is 0. The average molecular weight is 427 g/mol. The third-order valence-corrected chi connectivity index (χ3v) is 5.17. The zero-order valence-corrected chi connectivity index (χ0v) is 18.8. The summed E-state index contributed by atoms with van der Waals surface area (Å²) in [4.78, 5) is 28.5. The first-order valence-corrected chi connectivity index (χ1v) is 10.5. The molecule has 8 heteroatoms. The van der Waals surface area contributed by atoms with Crippen LogP contribution in [0.4, 0.5) is 5.69 Å². The van der Waals surface area contributed by atoms with E-state index in [0.717, 1.165) is 22.7 Å². The van der Waals surface area contributed by atoms with Gasteiger partial charge in [-0.25, -0.2) is 0 Å². The zero-order chi connectivity index (χ0) is 22.1. The molecule has 0 fully saturated rings. The summed E-state index contributed by atoms with van der Waals surface area (Å²) in [6.45, 7) is 11.4. The monoisotopic (exact) mass is 426 g/mol. The molecular formula is C22H26N4O3S. The van der Waals surface area contributed by atoms with Crippen molar-refractivity contribution in [2.75, 3.05) is 4.90 Å². The van der Waals surface area contributed by atoms with Gasteiger partial charge in [0.2, 0.25) is 0 Å². The Kier molecular flexibility index (Phi) is 6.07. The van der Waals surface area contributed by atoms with Crippen LogP contribution >= 0.6 is 11.5 Å². The maximum atomic E-state index is 13.6. The molecule has 3 aromatic rings. The molecule has 0 aliphatic rings. The van der Waals surface area contributed by atoms with Crippen LogP contribution in [0.1, 0.15) is 59.9 Å². The number of aromatic nitrogens is 2. The van der Waals surface area contributed by atoms with Crippen LogP contribution in [0, 0.1) is 20.8 Å². The molecule has 0 spiro atoms. The second-order valence-corrected chi connectivity index (χ2v) is 8.88. The molecule has 0 aliphatic carbocycles.